The molecule has 26 heavy (non-hydrogen) atoms. The minimum Gasteiger partial charge on any atom is -0.329 e. The Kier molecular flexibility index (Phi) is 5.12. The summed E-state index contributed by atoms with van der Waals surface area (Å²) in [6.45, 7) is 8.55. The van der Waals surface area contributed by atoms with Crippen LogP contribution in [0.25, 0.3) is 0 Å². The Morgan fingerprint density at radius 1 is 1.00 bits per heavy atom. The van der Waals surface area contributed by atoms with E-state index >= 15 is 0 Å². The predicted molar refractivity (Wildman–Crippen MR) is 102 cm³/mol. The van der Waals surface area contributed by atoms with Crippen LogP contribution in [0.15, 0.2) is 48.5 Å². The number of hydrogen-bond donors (Lipinski definition) is 0. The average molecular weight is 350 g/mol. The molecule has 4 nitrogen and oxygen atoms in total. The van der Waals surface area contributed by atoms with Crippen LogP contribution in [0, 0.1) is 13.8 Å². The molecule has 4 heteroatoms. The van der Waals surface area contributed by atoms with Crippen molar-refractivity contribution in [3.05, 3.63) is 70.8 Å². The van der Waals surface area contributed by atoms with Gasteiger partial charge in [0.2, 0.25) is 5.91 Å². The van der Waals surface area contributed by atoms with Gasteiger partial charge in [0, 0.05) is 12.6 Å². The molecule has 0 aromatic heterocycles. The maximum atomic E-state index is 13.2. The van der Waals surface area contributed by atoms with Gasteiger partial charge in [-0.05, 0) is 44.4 Å². The van der Waals surface area contributed by atoms with E-state index in [4.69, 9.17) is 0 Å². The van der Waals surface area contributed by atoms with Crippen LogP contribution >= 0.6 is 0 Å². The van der Waals surface area contributed by atoms with Crippen LogP contribution in [0.1, 0.15) is 42.1 Å². The molecular weight excluding hydrogens is 324 g/mol. The molecule has 136 valence electrons. The van der Waals surface area contributed by atoms with Crippen LogP contribution in [-0.4, -0.2) is 34.2 Å². The van der Waals surface area contributed by atoms with Crippen molar-refractivity contribution in [3.63, 3.8) is 0 Å². The molecule has 0 bridgehead atoms. The summed E-state index contributed by atoms with van der Waals surface area (Å²) in [4.78, 5) is 29.6. The second-order valence-electron chi connectivity index (χ2n) is 7.32. The second-order valence-corrected chi connectivity index (χ2v) is 7.32. The number of aryl methyl sites for hydroxylation is 2. The maximum absolute atomic E-state index is 13.2. The Hall–Kier alpha value is -2.62. The van der Waals surface area contributed by atoms with Crippen molar-refractivity contribution in [2.75, 3.05) is 6.54 Å². The van der Waals surface area contributed by atoms with Gasteiger partial charge in [0.05, 0.1) is 0 Å². The number of rotatable bonds is 4. The molecule has 1 heterocycles. The molecule has 1 saturated heterocycles. The first-order chi connectivity index (χ1) is 12.4. The zero-order valence-electron chi connectivity index (χ0n) is 15.9. The third-order valence-electron chi connectivity index (χ3n) is 5.07. The molecule has 0 saturated carbocycles. The van der Waals surface area contributed by atoms with Crippen LogP contribution in [0.4, 0.5) is 0 Å². The molecule has 2 amide bonds. The van der Waals surface area contributed by atoms with Crippen molar-refractivity contribution in [1.82, 2.24) is 9.80 Å². The Labute approximate surface area is 155 Å². The molecule has 2 aromatic rings. The van der Waals surface area contributed by atoms with Crippen LogP contribution in [0.5, 0.6) is 0 Å². The molecule has 0 N–H and O–H groups in total. The van der Waals surface area contributed by atoms with Crippen molar-refractivity contribution < 1.29 is 9.59 Å². The predicted octanol–water partition coefficient (Wildman–Crippen LogP) is 3.62. The van der Waals surface area contributed by atoms with Gasteiger partial charge in [0.25, 0.3) is 5.91 Å². The smallest absolute Gasteiger partial charge is 0.250 e. The van der Waals surface area contributed by atoms with Crippen molar-refractivity contribution in [3.8, 4) is 0 Å². The monoisotopic (exact) mass is 350 g/mol. The first kappa shape index (κ1) is 18.2. The lowest BCUT2D eigenvalue weighted by molar-refractivity contribution is -0.158. The summed E-state index contributed by atoms with van der Waals surface area (Å²) in [5.41, 5.74) is 4.20. The highest BCUT2D eigenvalue weighted by Crippen LogP contribution is 2.30. The van der Waals surface area contributed by atoms with E-state index in [9.17, 15) is 9.59 Å². The van der Waals surface area contributed by atoms with E-state index in [1.807, 2.05) is 76.2 Å². The van der Waals surface area contributed by atoms with Crippen LogP contribution in [-0.2, 0) is 16.1 Å². The average Bonchev–Trinajstić information content (AvgIpc) is 2.60. The largest absolute Gasteiger partial charge is 0.329 e. The number of amides is 2. The zero-order valence-corrected chi connectivity index (χ0v) is 15.9. The highest BCUT2D eigenvalue weighted by atomic mass is 16.2. The summed E-state index contributed by atoms with van der Waals surface area (Å²) in [5, 5.41) is 0. The Balaban J connectivity index is 2.01. The normalized spacial score (nSPS) is 18.0. The summed E-state index contributed by atoms with van der Waals surface area (Å²) in [7, 11) is 0. The van der Waals surface area contributed by atoms with Gasteiger partial charge in [0.15, 0.2) is 0 Å². The molecule has 1 atom stereocenters. The first-order valence-corrected chi connectivity index (χ1v) is 9.09. The third-order valence-corrected chi connectivity index (χ3v) is 5.07. The minimum atomic E-state index is -0.571. The Morgan fingerprint density at radius 2 is 1.65 bits per heavy atom. The van der Waals surface area contributed by atoms with Gasteiger partial charge < -0.3 is 9.80 Å². The van der Waals surface area contributed by atoms with Gasteiger partial charge >= 0.3 is 0 Å². The highest BCUT2D eigenvalue weighted by Gasteiger charge is 2.41. The summed E-state index contributed by atoms with van der Waals surface area (Å²) in [5.74, 6) is -0.0100. The molecule has 1 unspecified atom stereocenters. The molecule has 1 aliphatic heterocycles. The van der Waals surface area contributed by atoms with E-state index in [1.54, 1.807) is 9.80 Å². The van der Waals surface area contributed by atoms with Crippen molar-refractivity contribution in [1.29, 1.82) is 0 Å². The highest BCUT2D eigenvalue weighted by molar-refractivity contribution is 5.95. The van der Waals surface area contributed by atoms with E-state index in [1.165, 1.54) is 0 Å². The first-order valence-electron chi connectivity index (χ1n) is 9.09. The van der Waals surface area contributed by atoms with Gasteiger partial charge in [-0.25, -0.2) is 0 Å². The summed E-state index contributed by atoms with van der Waals surface area (Å²) in [6.07, 6.45) is 0. The number of carbonyl (C=O) groups is 2. The van der Waals surface area contributed by atoms with Crippen molar-refractivity contribution >= 4 is 11.8 Å². The molecule has 0 aliphatic carbocycles. The molecule has 0 spiro atoms. The van der Waals surface area contributed by atoms with E-state index in [0.29, 0.717) is 6.54 Å². The number of benzene rings is 2. The topological polar surface area (TPSA) is 40.6 Å². The lowest BCUT2D eigenvalue weighted by Gasteiger charge is -2.42. The summed E-state index contributed by atoms with van der Waals surface area (Å²) >= 11 is 0. The molecule has 2 aromatic carbocycles. The van der Waals surface area contributed by atoms with Gasteiger partial charge in [-0.1, -0.05) is 54.1 Å². The SMILES string of the molecule is Cc1ccc(C2C(=O)N(C(C)C)CC(=O)N2Cc2ccccc2C)cc1. The molecular formula is C22H26N2O2. The molecule has 1 fully saturated rings. The van der Waals surface area contributed by atoms with E-state index in [-0.39, 0.29) is 24.4 Å². The van der Waals surface area contributed by atoms with Crippen LogP contribution in [0.3, 0.4) is 0 Å². The van der Waals surface area contributed by atoms with E-state index in [2.05, 4.69) is 0 Å². The van der Waals surface area contributed by atoms with Gasteiger partial charge in [-0.15, -0.1) is 0 Å². The Morgan fingerprint density at radius 3 is 2.27 bits per heavy atom. The number of hydrogen-bond acceptors (Lipinski definition) is 2. The number of carbonyl (C=O) groups excluding carboxylic acids is 2. The van der Waals surface area contributed by atoms with E-state index in [0.717, 1.165) is 22.3 Å². The van der Waals surface area contributed by atoms with E-state index < -0.39 is 6.04 Å². The summed E-state index contributed by atoms with van der Waals surface area (Å²) in [6, 6.07) is 15.3. The maximum Gasteiger partial charge on any atom is 0.250 e. The molecule has 0 radical (unpaired) electrons. The fourth-order valence-corrected chi connectivity index (χ4v) is 3.41. The summed E-state index contributed by atoms with van der Waals surface area (Å²) < 4.78 is 0. The zero-order chi connectivity index (χ0) is 18.8. The van der Waals surface area contributed by atoms with Crippen LogP contribution < -0.4 is 0 Å². The lowest BCUT2D eigenvalue weighted by Crippen LogP contribution is -2.57. The Bertz CT molecular complexity index is 811. The van der Waals surface area contributed by atoms with Gasteiger partial charge in [-0.3, -0.25) is 9.59 Å². The lowest BCUT2D eigenvalue weighted by atomic mass is 9.97. The van der Waals surface area contributed by atoms with Crippen molar-refractivity contribution in [2.24, 2.45) is 0 Å². The second kappa shape index (κ2) is 7.32. The molecule has 1 aliphatic rings. The standard InChI is InChI=1S/C22H26N2O2/c1-15(2)23-14-20(25)24(13-19-8-6-5-7-17(19)4)21(22(23)26)18-11-9-16(3)10-12-18/h5-12,15,21H,13-14H2,1-4H3. The third kappa shape index (κ3) is 3.50. The van der Waals surface area contributed by atoms with Gasteiger partial charge in [0.1, 0.15) is 12.6 Å². The van der Waals surface area contributed by atoms with Crippen molar-refractivity contribution in [2.45, 2.75) is 46.3 Å². The minimum absolute atomic E-state index is 0.00000903. The molecule has 3 rings (SSSR count). The van der Waals surface area contributed by atoms with Gasteiger partial charge in [-0.2, -0.15) is 0 Å². The number of piperazine rings is 1. The van der Waals surface area contributed by atoms with Crippen LogP contribution in [0.2, 0.25) is 0 Å². The fourth-order valence-electron chi connectivity index (χ4n) is 3.41. The fraction of sp³-hybridized carbons (Fsp3) is 0.364. The number of nitrogens with zero attached hydrogens (tertiary/aromatic N) is 2. The quantitative estimate of drug-likeness (QED) is 0.845.